The highest BCUT2D eigenvalue weighted by Crippen LogP contribution is 2.47. The predicted octanol–water partition coefficient (Wildman–Crippen LogP) is 4.59. The molecule has 0 N–H and O–H groups in total. The van der Waals surface area contributed by atoms with E-state index in [2.05, 4.69) is 11.0 Å². The van der Waals surface area contributed by atoms with Crippen molar-refractivity contribution in [3.8, 4) is 23.3 Å². The first-order chi connectivity index (χ1) is 15.5. The van der Waals surface area contributed by atoms with Crippen LogP contribution in [0.5, 0.6) is 17.2 Å². The Morgan fingerprint density at radius 1 is 1.06 bits per heavy atom. The van der Waals surface area contributed by atoms with Gasteiger partial charge in [-0.3, -0.25) is 9.69 Å². The number of thioether (sulfide) groups is 1. The number of hydrogen-bond donors (Lipinski definition) is 0. The number of rotatable bonds is 5. The third-order valence-electron chi connectivity index (χ3n) is 5.60. The van der Waals surface area contributed by atoms with Gasteiger partial charge in [-0.25, -0.2) is 0 Å². The minimum absolute atomic E-state index is 0.0491. The first-order valence-electron chi connectivity index (χ1n) is 9.88. The zero-order chi connectivity index (χ0) is 22.8. The van der Waals surface area contributed by atoms with Crippen LogP contribution in [0.15, 0.2) is 47.0 Å². The van der Waals surface area contributed by atoms with Crippen molar-refractivity contribution in [2.75, 3.05) is 38.8 Å². The van der Waals surface area contributed by atoms with E-state index >= 15 is 0 Å². The van der Waals surface area contributed by atoms with Crippen LogP contribution < -0.4 is 19.1 Å². The maximum Gasteiger partial charge on any atom is 0.229 e. The van der Waals surface area contributed by atoms with Crippen molar-refractivity contribution < 1.29 is 19.0 Å². The smallest absolute Gasteiger partial charge is 0.229 e. The number of methoxy groups -OCH3 is 3. The summed E-state index contributed by atoms with van der Waals surface area (Å²) >= 11 is 7.48. The van der Waals surface area contributed by atoms with Crippen molar-refractivity contribution in [2.45, 2.75) is 12.3 Å². The van der Waals surface area contributed by atoms with Gasteiger partial charge in [-0.15, -0.1) is 0 Å². The molecule has 9 heteroatoms. The van der Waals surface area contributed by atoms with Crippen LogP contribution in [0.25, 0.3) is 0 Å². The van der Waals surface area contributed by atoms with E-state index in [1.165, 1.54) is 11.8 Å². The van der Waals surface area contributed by atoms with Gasteiger partial charge < -0.3 is 19.1 Å². The van der Waals surface area contributed by atoms with E-state index in [1.54, 1.807) is 38.4 Å². The van der Waals surface area contributed by atoms with Gasteiger partial charge in [0.2, 0.25) is 5.91 Å². The SMILES string of the molecule is COc1cc(OC)c([C@H]2CC(=O)N3CN(c4ccc(Cl)cc4)CSC3=C2C#N)cc1OC. The molecule has 1 atom stereocenters. The minimum atomic E-state index is -0.428. The van der Waals surface area contributed by atoms with Crippen LogP contribution in [0, 0.1) is 11.3 Å². The van der Waals surface area contributed by atoms with Gasteiger partial charge in [-0.2, -0.15) is 5.26 Å². The highest BCUT2D eigenvalue weighted by Gasteiger charge is 2.39. The molecule has 2 aliphatic heterocycles. The first kappa shape index (κ1) is 22.2. The molecule has 0 aliphatic carbocycles. The summed E-state index contributed by atoms with van der Waals surface area (Å²) in [7, 11) is 4.65. The van der Waals surface area contributed by atoms with Gasteiger partial charge in [0, 0.05) is 34.7 Å². The lowest BCUT2D eigenvalue weighted by atomic mass is 9.85. The summed E-state index contributed by atoms with van der Waals surface area (Å²) in [5, 5.41) is 11.4. The predicted molar refractivity (Wildman–Crippen MR) is 124 cm³/mol. The number of ether oxygens (including phenoxy) is 3. The zero-order valence-electron chi connectivity index (χ0n) is 17.9. The molecule has 2 aromatic carbocycles. The summed E-state index contributed by atoms with van der Waals surface area (Å²) < 4.78 is 16.4. The quantitative estimate of drug-likeness (QED) is 0.631. The van der Waals surface area contributed by atoms with Crippen molar-refractivity contribution in [1.29, 1.82) is 5.26 Å². The van der Waals surface area contributed by atoms with Crippen LogP contribution in [0.1, 0.15) is 17.9 Å². The number of halogens is 1. The van der Waals surface area contributed by atoms with Crippen LogP contribution in [-0.4, -0.2) is 44.7 Å². The van der Waals surface area contributed by atoms with Crippen molar-refractivity contribution >= 4 is 35.0 Å². The summed E-state index contributed by atoms with van der Waals surface area (Å²) in [4.78, 5) is 17.0. The van der Waals surface area contributed by atoms with Gasteiger partial charge in [0.15, 0.2) is 11.5 Å². The monoisotopic (exact) mass is 471 g/mol. The highest BCUT2D eigenvalue weighted by atomic mass is 35.5. The maximum atomic E-state index is 13.2. The van der Waals surface area contributed by atoms with Crippen LogP contribution in [-0.2, 0) is 4.79 Å². The van der Waals surface area contributed by atoms with Gasteiger partial charge in [0.05, 0.1) is 50.5 Å². The van der Waals surface area contributed by atoms with Crippen molar-refractivity contribution in [3.63, 3.8) is 0 Å². The molecule has 2 aromatic rings. The topological polar surface area (TPSA) is 75.0 Å². The van der Waals surface area contributed by atoms with Crippen molar-refractivity contribution in [3.05, 3.63) is 57.6 Å². The fourth-order valence-corrected chi connectivity index (χ4v) is 5.26. The van der Waals surface area contributed by atoms with E-state index in [-0.39, 0.29) is 12.3 Å². The normalized spacial score (nSPS) is 18.2. The summed E-state index contributed by atoms with van der Waals surface area (Å²) in [5.41, 5.74) is 2.25. The summed E-state index contributed by atoms with van der Waals surface area (Å²) in [6, 6.07) is 13.4. The first-order valence-corrected chi connectivity index (χ1v) is 11.2. The fraction of sp³-hybridized carbons (Fsp3) is 0.304. The Kier molecular flexibility index (Phi) is 6.40. The number of amides is 1. The second-order valence-electron chi connectivity index (χ2n) is 7.29. The van der Waals surface area contributed by atoms with E-state index in [1.807, 2.05) is 24.3 Å². The Bertz CT molecular complexity index is 1110. The number of fused-ring (bicyclic) bond motifs is 1. The number of hydrogen-bond acceptors (Lipinski definition) is 7. The van der Waals surface area contributed by atoms with E-state index in [0.29, 0.717) is 45.4 Å². The Labute approximate surface area is 196 Å². The lowest BCUT2D eigenvalue weighted by molar-refractivity contribution is -0.129. The van der Waals surface area contributed by atoms with Crippen LogP contribution in [0.4, 0.5) is 5.69 Å². The average Bonchev–Trinajstić information content (AvgIpc) is 2.83. The molecule has 1 saturated heterocycles. The molecule has 7 nitrogen and oxygen atoms in total. The largest absolute Gasteiger partial charge is 0.496 e. The van der Waals surface area contributed by atoms with E-state index in [4.69, 9.17) is 25.8 Å². The molecule has 32 heavy (non-hydrogen) atoms. The van der Waals surface area contributed by atoms with Crippen molar-refractivity contribution in [2.24, 2.45) is 0 Å². The third kappa shape index (κ3) is 3.94. The number of nitriles is 1. The summed E-state index contributed by atoms with van der Waals surface area (Å²) in [6.45, 7) is 0.379. The van der Waals surface area contributed by atoms with Crippen LogP contribution in [0.3, 0.4) is 0 Å². The maximum absolute atomic E-state index is 13.2. The molecule has 4 rings (SSSR count). The molecule has 0 unspecified atom stereocenters. The standard InChI is InChI=1S/C23H22ClN3O4S/c1-29-19-10-21(31-3)20(30-2)8-17(19)16-9-22(28)27-12-26(13-32-23(27)18(16)11-25)15-6-4-14(24)5-7-15/h4-8,10,16H,9,12-13H2,1-3H3/t16-/m1/s1. The second-order valence-corrected chi connectivity index (χ2v) is 8.66. The summed E-state index contributed by atoms with van der Waals surface area (Å²) in [6.07, 6.45) is 0.160. The second kappa shape index (κ2) is 9.23. The molecule has 2 heterocycles. The molecular weight excluding hydrogens is 450 g/mol. The van der Waals surface area contributed by atoms with Gasteiger partial charge >= 0.3 is 0 Å². The molecule has 0 radical (unpaired) electrons. The van der Waals surface area contributed by atoms with Crippen molar-refractivity contribution in [1.82, 2.24) is 4.90 Å². The third-order valence-corrected chi connectivity index (χ3v) is 7.00. The molecule has 1 fully saturated rings. The lowest BCUT2D eigenvalue weighted by Gasteiger charge is -2.42. The van der Waals surface area contributed by atoms with Crippen LogP contribution in [0.2, 0.25) is 5.02 Å². The molecule has 0 aromatic heterocycles. The van der Waals surface area contributed by atoms with Gasteiger partial charge in [0.1, 0.15) is 5.75 Å². The Morgan fingerprint density at radius 2 is 1.72 bits per heavy atom. The molecule has 0 saturated carbocycles. The molecule has 0 bridgehead atoms. The molecule has 166 valence electrons. The minimum Gasteiger partial charge on any atom is -0.496 e. The lowest BCUT2D eigenvalue weighted by Crippen LogP contribution is -2.47. The average molecular weight is 472 g/mol. The molecule has 0 spiro atoms. The Morgan fingerprint density at radius 3 is 2.34 bits per heavy atom. The number of nitrogens with zero attached hydrogens (tertiary/aromatic N) is 3. The summed E-state index contributed by atoms with van der Waals surface area (Å²) in [5.74, 6) is 1.72. The van der Waals surface area contributed by atoms with Gasteiger partial charge in [0.25, 0.3) is 0 Å². The van der Waals surface area contributed by atoms with Gasteiger partial charge in [-0.05, 0) is 30.3 Å². The number of allylic oxidation sites excluding steroid dienone is 1. The molecular formula is C23H22ClN3O4S. The number of benzene rings is 2. The van der Waals surface area contributed by atoms with E-state index in [9.17, 15) is 10.1 Å². The van der Waals surface area contributed by atoms with Gasteiger partial charge in [-0.1, -0.05) is 23.4 Å². The fourth-order valence-electron chi connectivity index (χ4n) is 3.97. The number of carbonyl (C=O) groups excluding carboxylic acids is 1. The molecule has 2 aliphatic rings. The number of carbonyl (C=O) groups is 1. The highest BCUT2D eigenvalue weighted by molar-refractivity contribution is 8.03. The Hall–Kier alpha value is -3.02. The van der Waals surface area contributed by atoms with E-state index in [0.717, 1.165) is 11.3 Å². The van der Waals surface area contributed by atoms with Crippen LogP contribution >= 0.6 is 23.4 Å². The zero-order valence-corrected chi connectivity index (χ0v) is 19.5. The number of anilines is 1. The molecule has 1 amide bonds. The van der Waals surface area contributed by atoms with E-state index < -0.39 is 5.92 Å². The Balaban J connectivity index is 1.72.